The van der Waals surface area contributed by atoms with Crippen molar-refractivity contribution in [1.82, 2.24) is 14.7 Å². The summed E-state index contributed by atoms with van der Waals surface area (Å²) in [6, 6.07) is 13.3. The molecule has 3 aromatic rings. The molecule has 0 N–H and O–H groups in total. The zero-order valence-corrected chi connectivity index (χ0v) is 17.4. The quantitative estimate of drug-likeness (QED) is 0.258. The van der Waals surface area contributed by atoms with Crippen molar-refractivity contribution in [2.45, 2.75) is 20.4 Å². The molecule has 0 saturated carbocycles. The van der Waals surface area contributed by atoms with Crippen molar-refractivity contribution >= 4 is 29.0 Å². The number of benzene rings is 2. The van der Waals surface area contributed by atoms with Gasteiger partial charge in [0, 0.05) is 30.7 Å². The third kappa shape index (κ3) is 4.08. The number of hydrogen-bond acceptors (Lipinski definition) is 5. The van der Waals surface area contributed by atoms with E-state index in [1.165, 1.54) is 30.1 Å². The number of carbonyl (C=O) groups is 2. The van der Waals surface area contributed by atoms with Gasteiger partial charge in [-0.15, -0.1) is 0 Å². The van der Waals surface area contributed by atoms with E-state index in [-0.39, 0.29) is 22.8 Å². The van der Waals surface area contributed by atoms with E-state index in [1.807, 2.05) is 30.3 Å². The van der Waals surface area contributed by atoms with E-state index in [4.69, 9.17) is 11.6 Å². The number of aryl methyl sites for hydroxylation is 1. The van der Waals surface area contributed by atoms with Crippen molar-refractivity contribution in [3.63, 3.8) is 0 Å². The molecule has 8 nitrogen and oxygen atoms in total. The molecule has 0 fully saturated rings. The van der Waals surface area contributed by atoms with Crippen LogP contribution in [0.1, 0.15) is 27.3 Å². The van der Waals surface area contributed by atoms with Crippen molar-refractivity contribution in [3.8, 4) is 5.69 Å². The van der Waals surface area contributed by atoms with Gasteiger partial charge in [0.2, 0.25) is 0 Å². The third-order valence-electron chi connectivity index (χ3n) is 4.71. The second-order valence-corrected chi connectivity index (χ2v) is 7.22. The third-order valence-corrected chi connectivity index (χ3v) is 5.08. The Hall–Kier alpha value is -3.52. The van der Waals surface area contributed by atoms with E-state index in [0.29, 0.717) is 17.0 Å². The van der Waals surface area contributed by atoms with Crippen molar-refractivity contribution in [2.75, 3.05) is 7.05 Å². The smallest absolute Gasteiger partial charge is 0.295 e. The van der Waals surface area contributed by atoms with E-state index >= 15 is 0 Å². The highest BCUT2D eigenvalue weighted by Crippen LogP contribution is 2.24. The molecular formula is C21H19ClN4O4. The molecule has 9 heteroatoms. The molecule has 1 aromatic heterocycles. The molecule has 3 rings (SSSR count). The highest BCUT2D eigenvalue weighted by molar-refractivity contribution is 6.43. The standard InChI is InChI=1S/C21H19ClN4O4/c1-13-19(14(2)25(23-13)16-7-5-4-6-8-16)20(27)21(28)24(3)12-15-11-17(26(29)30)9-10-18(15)22/h4-11H,12H2,1-3H3. The van der Waals surface area contributed by atoms with Crippen molar-refractivity contribution < 1.29 is 14.5 Å². The predicted octanol–water partition coefficient (Wildman–Crippen LogP) is 3.89. The molecule has 1 amide bonds. The molecule has 1 heterocycles. The molecule has 0 aliphatic carbocycles. The van der Waals surface area contributed by atoms with Gasteiger partial charge in [0.15, 0.2) is 0 Å². The molecule has 154 valence electrons. The number of halogens is 1. The summed E-state index contributed by atoms with van der Waals surface area (Å²) in [5.74, 6) is -1.45. The largest absolute Gasteiger partial charge is 0.334 e. The molecule has 30 heavy (non-hydrogen) atoms. The number of likely N-dealkylation sites (N-methyl/N-ethyl adjacent to an activating group) is 1. The fraction of sp³-hybridized carbons (Fsp3) is 0.190. The van der Waals surface area contributed by atoms with Crippen LogP contribution < -0.4 is 0 Å². The second kappa shape index (κ2) is 8.46. The van der Waals surface area contributed by atoms with E-state index < -0.39 is 16.6 Å². The Labute approximate surface area is 177 Å². The molecule has 0 unspecified atom stereocenters. The number of hydrogen-bond donors (Lipinski definition) is 0. The number of nitro benzene ring substituents is 1. The van der Waals surface area contributed by atoms with Crippen LogP contribution in [0.5, 0.6) is 0 Å². The lowest BCUT2D eigenvalue weighted by molar-refractivity contribution is -0.384. The van der Waals surface area contributed by atoms with Gasteiger partial charge in [-0.1, -0.05) is 29.8 Å². The maximum absolute atomic E-state index is 12.9. The number of aromatic nitrogens is 2. The number of ketones is 1. The summed E-state index contributed by atoms with van der Waals surface area (Å²) in [5.41, 5.74) is 2.25. The summed E-state index contributed by atoms with van der Waals surface area (Å²) in [7, 11) is 1.45. The Kier molecular flexibility index (Phi) is 5.98. The normalized spacial score (nSPS) is 10.7. The zero-order valence-electron chi connectivity index (χ0n) is 16.6. The summed E-state index contributed by atoms with van der Waals surface area (Å²) in [6.45, 7) is 3.35. The van der Waals surface area contributed by atoms with Crippen molar-refractivity contribution in [2.24, 2.45) is 0 Å². The number of amides is 1. The molecule has 0 bridgehead atoms. The molecule has 0 saturated heterocycles. The predicted molar refractivity (Wildman–Crippen MR) is 112 cm³/mol. The lowest BCUT2D eigenvalue weighted by Crippen LogP contribution is -2.33. The summed E-state index contributed by atoms with van der Waals surface area (Å²) >= 11 is 6.11. The first kappa shape index (κ1) is 21.2. The Morgan fingerprint density at radius 3 is 2.47 bits per heavy atom. The molecule has 0 atom stereocenters. The van der Waals surface area contributed by atoms with Gasteiger partial charge in [-0.25, -0.2) is 4.68 Å². The van der Waals surface area contributed by atoms with Gasteiger partial charge in [0.25, 0.3) is 17.4 Å². The van der Waals surface area contributed by atoms with Crippen molar-refractivity contribution in [1.29, 1.82) is 0 Å². The molecule has 0 spiro atoms. The van der Waals surface area contributed by atoms with Gasteiger partial charge in [-0.2, -0.15) is 5.10 Å². The highest BCUT2D eigenvalue weighted by atomic mass is 35.5. The Bertz CT molecular complexity index is 1140. The van der Waals surface area contributed by atoms with Gasteiger partial charge in [-0.05, 0) is 37.6 Å². The van der Waals surface area contributed by atoms with E-state index in [9.17, 15) is 19.7 Å². The van der Waals surface area contributed by atoms with Crippen LogP contribution >= 0.6 is 11.6 Å². The van der Waals surface area contributed by atoms with Crippen LogP contribution in [0.2, 0.25) is 5.02 Å². The maximum Gasteiger partial charge on any atom is 0.295 e. The van der Waals surface area contributed by atoms with Crippen LogP contribution in [0.3, 0.4) is 0 Å². The Balaban J connectivity index is 1.86. The van der Waals surface area contributed by atoms with E-state index in [2.05, 4.69) is 5.10 Å². The van der Waals surface area contributed by atoms with Gasteiger partial charge in [0.05, 0.1) is 27.6 Å². The van der Waals surface area contributed by atoms with E-state index in [0.717, 1.165) is 5.69 Å². The number of nitrogens with zero attached hydrogens (tertiary/aromatic N) is 4. The van der Waals surface area contributed by atoms with Gasteiger partial charge < -0.3 is 4.90 Å². The van der Waals surface area contributed by atoms with Gasteiger partial charge in [0.1, 0.15) is 0 Å². The maximum atomic E-state index is 12.9. The summed E-state index contributed by atoms with van der Waals surface area (Å²) in [6.07, 6.45) is 0. The van der Waals surface area contributed by atoms with Crippen LogP contribution in [-0.2, 0) is 11.3 Å². The van der Waals surface area contributed by atoms with Crippen LogP contribution in [0.15, 0.2) is 48.5 Å². The molecule has 0 radical (unpaired) electrons. The molecular weight excluding hydrogens is 408 g/mol. The minimum atomic E-state index is -0.753. The lowest BCUT2D eigenvalue weighted by atomic mass is 10.1. The van der Waals surface area contributed by atoms with E-state index in [1.54, 1.807) is 18.5 Å². The topological polar surface area (TPSA) is 98.3 Å². The van der Waals surface area contributed by atoms with Gasteiger partial charge >= 0.3 is 0 Å². The SMILES string of the molecule is Cc1nn(-c2ccccc2)c(C)c1C(=O)C(=O)N(C)Cc1cc([N+](=O)[O-])ccc1Cl. The zero-order chi connectivity index (χ0) is 22.0. The second-order valence-electron chi connectivity index (χ2n) is 6.82. The molecule has 0 aliphatic heterocycles. The number of non-ortho nitro benzene ring substituents is 1. The van der Waals surface area contributed by atoms with Crippen LogP contribution in [0.4, 0.5) is 5.69 Å². The number of rotatable bonds is 6. The first-order valence-corrected chi connectivity index (χ1v) is 9.42. The minimum Gasteiger partial charge on any atom is -0.334 e. The monoisotopic (exact) mass is 426 g/mol. The Morgan fingerprint density at radius 2 is 1.83 bits per heavy atom. The fourth-order valence-corrected chi connectivity index (χ4v) is 3.37. The number of carbonyl (C=O) groups excluding carboxylic acids is 2. The lowest BCUT2D eigenvalue weighted by Gasteiger charge is -2.17. The average Bonchev–Trinajstić information content (AvgIpc) is 3.02. The number of para-hydroxylation sites is 1. The van der Waals surface area contributed by atoms with Crippen molar-refractivity contribution in [3.05, 3.63) is 86.2 Å². The summed E-state index contributed by atoms with van der Waals surface area (Å²) in [5, 5.41) is 15.7. The number of Topliss-reactive ketones (excluding diaryl/α,β-unsaturated/α-hetero) is 1. The molecule has 2 aromatic carbocycles. The molecule has 0 aliphatic rings. The fourth-order valence-electron chi connectivity index (χ4n) is 3.20. The summed E-state index contributed by atoms with van der Waals surface area (Å²) in [4.78, 5) is 37.4. The first-order chi connectivity index (χ1) is 14.2. The van der Waals surface area contributed by atoms with Gasteiger partial charge in [-0.3, -0.25) is 19.7 Å². The van der Waals surface area contributed by atoms with Crippen LogP contribution in [0, 0.1) is 24.0 Å². The minimum absolute atomic E-state index is 0.0456. The van der Waals surface area contributed by atoms with Crippen LogP contribution in [-0.4, -0.2) is 38.3 Å². The average molecular weight is 427 g/mol. The van der Waals surface area contributed by atoms with Crippen LogP contribution in [0.25, 0.3) is 5.69 Å². The Morgan fingerprint density at radius 1 is 1.17 bits per heavy atom. The number of nitro groups is 1. The highest BCUT2D eigenvalue weighted by Gasteiger charge is 2.28. The first-order valence-electron chi connectivity index (χ1n) is 9.05. The summed E-state index contributed by atoms with van der Waals surface area (Å²) < 4.78 is 1.62.